The highest BCUT2D eigenvalue weighted by molar-refractivity contribution is 7.22. The lowest BCUT2D eigenvalue weighted by molar-refractivity contribution is 0.254. The van der Waals surface area contributed by atoms with Crippen LogP contribution in [0.4, 0.5) is 0 Å². The molecule has 0 aliphatic carbocycles. The number of aryl methyl sites for hydroxylation is 1. The fraction of sp³-hybridized carbons (Fsp3) is 0.250. The number of ether oxygens (including phenoxy) is 2. The Hall–Kier alpha value is -2.73. The molecule has 0 fully saturated rings. The number of methoxy groups -OCH3 is 1. The van der Waals surface area contributed by atoms with Crippen LogP contribution in [-0.2, 0) is 6.42 Å². The summed E-state index contributed by atoms with van der Waals surface area (Å²) in [6.45, 7) is 4.16. The minimum atomic E-state index is 0.222. The van der Waals surface area contributed by atoms with Crippen LogP contribution in [0.25, 0.3) is 31.8 Å². The molecule has 4 aromatic rings. The molecule has 2 aromatic carbocycles. The van der Waals surface area contributed by atoms with Gasteiger partial charge in [0.25, 0.3) is 0 Å². The molecule has 26 heavy (non-hydrogen) atoms. The summed E-state index contributed by atoms with van der Waals surface area (Å²) >= 11 is 1.70. The largest absolute Gasteiger partial charge is 0.490 e. The average Bonchev–Trinajstić information content (AvgIpc) is 3.22. The van der Waals surface area contributed by atoms with Gasteiger partial charge >= 0.3 is 0 Å². The number of fused-ring (bicyclic) bond motifs is 4. The summed E-state index contributed by atoms with van der Waals surface area (Å²) in [6, 6.07) is 8.22. The fourth-order valence-electron chi connectivity index (χ4n) is 3.50. The summed E-state index contributed by atoms with van der Waals surface area (Å²) in [5.74, 6) is 1.50. The summed E-state index contributed by atoms with van der Waals surface area (Å²) in [7, 11) is 1.60. The third kappa shape index (κ3) is 2.33. The summed E-state index contributed by atoms with van der Waals surface area (Å²) in [5, 5.41) is 0.959. The predicted molar refractivity (Wildman–Crippen MR) is 103 cm³/mol. The molecule has 1 aliphatic heterocycles. The van der Waals surface area contributed by atoms with Crippen LogP contribution in [0.1, 0.15) is 18.1 Å². The Morgan fingerprint density at radius 1 is 1.19 bits per heavy atom. The zero-order valence-electron chi connectivity index (χ0n) is 14.7. The maximum absolute atomic E-state index is 5.89. The van der Waals surface area contributed by atoms with E-state index in [1.165, 1.54) is 10.3 Å². The maximum atomic E-state index is 5.89. The molecular weight excluding hydrogens is 346 g/mol. The summed E-state index contributed by atoms with van der Waals surface area (Å²) in [5.41, 5.74) is 6.08. The van der Waals surface area contributed by atoms with Crippen molar-refractivity contribution >= 4 is 32.6 Å². The molecule has 1 aliphatic rings. The Labute approximate surface area is 154 Å². The van der Waals surface area contributed by atoms with Gasteiger partial charge in [-0.25, -0.2) is 15.0 Å². The highest BCUT2D eigenvalue weighted by atomic mass is 32.1. The lowest BCUT2D eigenvalue weighted by Gasteiger charge is -2.06. The number of aromatic nitrogens is 3. The van der Waals surface area contributed by atoms with Crippen molar-refractivity contribution in [1.82, 2.24) is 15.0 Å². The Balaban J connectivity index is 1.74. The Morgan fingerprint density at radius 3 is 2.92 bits per heavy atom. The molecule has 0 saturated carbocycles. The van der Waals surface area contributed by atoms with Crippen molar-refractivity contribution in [3.63, 3.8) is 0 Å². The molecular formula is C20H17N3O2S. The number of nitrogens with zero attached hydrogens (tertiary/aromatic N) is 3. The minimum Gasteiger partial charge on any atom is -0.490 e. The van der Waals surface area contributed by atoms with Gasteiger partial charge in [-0.05, 0) is 43.7 Å². The van der Waals surface area contributed by atoms with Crippen molar-refractivity contribution in [3.8, 4) is 22.2 Å². The molecule has 0 spiro atoms. The van der Waals surface area contributed by atoms with Crippen molar-refractivity contribution in [2.24, 2.45) is 0 Å². The first-order valence-corrected chi connectivity index (χ1v) is 9.35. The molecule has 0 amide bonds. The van der Waals surface area contributed by atoms with Crippen LogP contribution in [0.5, 0.6) is 11.6 Å². The Kier molecular flexibility index (Phi) is 3.37. The molecule has 0 N–H and O–H groups in total. The van der Waals surface area contributed by atoms with E-state index in [2.05, 4.69) is 29.9 Å². The van der Waals surface area contributed by atoms with E-state index >= 15 is 0 Å². The van der Waals surface area contributed by atoms with Crippen LogP contribution in [0.15, 0.2) is 30.5 Å². The second kappa shape index (κ2) is 5.64. The van der Waals surface area contributed by atoms with Gasteiger partial charge in [-0.1, -0.05) is 0 Å². The van der Waals surface area contributed by atoms with Crippen molar-refractivity contribution in [3.05, 3.63) is 41.6 Å². The normalized spacial score (nSPS) is 16.0. The van der Waals surface area contributed by atoms with E-state index in [1.807, 2.05) is 18.2 Å². The number of thiazole rings is 1. The van der Waals surface area contributed by atoms with E-state index in [0.717, 1.165) is 44.9 Å². The predicted octanol–water partition coefficient (Wildman–Crippen LogP) is 4.55. The molecule has 0 radical (unpaired) electrons. The lowest BCUT2D eigenvalue weighted by atomic mass is 10.1. The zero-order chi connectivity index (χ0) is 17.8. The SMILES string of the molecule is COc1cnc2c(-c3nc4ccc5c(c4s3)CC(C)O5)cc(C)cc2n1. The first kappa shape index (κ1) is 15.5. The molecule has 3 heterocycles. The van der Waals surface area contributed by atoms with Crippen molar-refractivity contribution in [1.29, 1.82) is 0 Å². The van der Waals surface area contributed by atoms with Gasteiger partial charge in [0.2, 0.25) is 5.88 Å². The third-order valence-corrected chi connectivity index (χ3v) is 5.81. The van der Waals surface area contributed by atoms with Crippen LogP contribution >= 0.6 is 11.3 Å². The van der Waals surface area contributed by atoms with Crippen LogP contribution < -0.4 is 9.47 Å². The summed E-state index contributed by atoms with van der Waals surface area (Å²) in [6.07, 6.45) is 2.81. The molecule has 1 atom stereocenters. The van der Waals surface area contributed by atoms with Crippen molar-refractivity contribution in [2.75, 3.05) is 7.11 Å². The summed E-state index contributed by atoms with van der Waals surface area (Å²) < 4.78 is 12.3. The second-order valence-electron chi connectivity index (χ2n) is 6.63. The molecule has 0 saturated heterocycles. The zero-order valence-corrected chi connectivity index (χ0v) is 15.6. The topological polar surface area (TPSA) is 57.1 Å². The molecule has 130 valence electrons. The van der Waals surface area contributed by atoms with Crippen LogP contribution in [0, 0.1) is 6.92 Å². The minimum absolute atomic E-state index is 0.222. The molecule has 6 heteroatoms. The number of hydrogen-bond acceptors (Lipinski definition) is 6. The van der Waals surface area contributed by atoms with Gasteiger partial charge in [-0.3, -0.25) is 0 Å². The van der Waals surface area contributed by atoms with E-state index in [0.29, 0.717) is 5.88 Å². The van der Waals surface area contributed by atoms with E-state index in [-0.39, 0.29) is 6.10 Å². The van der Waals surface area contributed by atoms with Crippen molar-refractivity contribution < 1.29 is 9.47 Å². The number of rotatable bonds is 2. The highest BCUT2D eigenvalue weighted by Crippen LogP contribution is 2.41. The monoisotopic (exact) mass is 363 g/mol. The highest BCUT2D eigenvalue weighted by Gasteiger charge is 2.24. The number of hydrogen-bond donors (Lipinski definition) is 0. The van der Waals surface area contributed by atoms with E-state index in [4.69, 9.17) is 14.5 Å². The Bertz CT molecular complexity index is 1170. The maximum Gasteiger partial charge on any atom is 0.232 e. The first-order valence-electron chi connectivity index (χ1n) is 8.53. The average molecular weight is 363 g/mol. The molecule has 2 aromatic heterocycles. The number of benzene rings is 2. The van der Waals surface area contributed by atoms with Gasteiger partial charge in [0.15, 0.2) is 0 Å². The van der Waals surface area contributed by atoms with Crippen LogP contribution in [0.3, 0.4) is 0 Å². The second-order valence-corrected chi connectivity index (χ2v) is 7.63. The lowest BCUT2D eigenvalue weighted by Crippen LogP contribution is -2.05. The smallest absolute Gasteiger partial charge is 0.232 e. The van der Waals surface area contributed by atoms with Crippen LogP contribution in [-0.4, -0.2) is 28.2 Å². The van der Waals surface area contributed by atoms with Crippen molar-refractivity contribution in [2.45, 2.75) is 26.4 Å². The van der Waals surface area contributed by atoms with Gasteiger partial charge in [0.1, 0.15) is 16.9 Å². The fourth-order valence-corrected chi connectivity index (χ4v) is 4.63. The van der Waals surface area contributed by atoms with Gasteiger partial charge in [-0.15, -0.1) is 11.3 Å². The standard InChI is InChI=1S/C20H17N3O2S/c1-10-6-13(18-15(7-10)22-17(24-3)9-21-18)20-23-14-4-5-16-12(19(14)26-20)8-11(2)25-16/h4-7,9,11H,8H2,1-3H3. The van der Waals surface area contributed by atoms with E-state index in [1.54, 1.807) is 24.6 Å². The van der Waals surface area contributed by atoms with E-state index < -0.39 is 0 Å². The Morgan fingerprint density at radius 2 is 2.08 bits per heavy atom. The van der Waals surface area contributed by atoms with Gasteiger partial charge in [0, 0.05) is 17.5 Å². The summed E-state index contributed by atoms with van der Waals surface area (Å²) in [4.78, 5) is 14.0. The van der Waals surface area contributed by atoms with Gasteiger partial charge < -0.3 is 9.47 Å². The van der Waals surface area contributed by atoms with Gasteiger partial charge in [0.05, 0.1) is 34.6 Å². The third-order valence-electron chi connectivity index (χ3n) is 4.65. The quantitative estimate of drug-likeness (QED) is 0.523. The van der Waals surface area contributed by atoms with Crippen LogP contribution in [0.2, 0.25) is 0 Å². The van der Waals surface area contributed by atoms with Gasteiger partial charge in [-0.2, -0.15) is 0 Å². The molecule has 5 nitrogen and oxygen atoms in total. The first-order chi connectivity index (χ1) is 12.6. The molecule has 1 unspecified atom stereocenters. The molecule has 5 rings (SSSR count). The molecule has 0 bridgehead atoms. The van der Waals surface area contributed by atoms with E-state index in [9.17, 15) is 0 Å².